The lowest BCUT2D eigenvalue weighted by molar-refractivity contribution is 0.0790. The zero-order valence-electron chi connectivity index (χ0n) is 23.7. The number of anilines is 1. The molecular formula is C32H39N5OS. The molecular weight excluding hydrogens is 502 g/mol. The van der Waals surface area contributed by atoms with E-state index in [1.54, 1.807) is 17.4 Å². The molecule has 2 aliphatic rings. The van der Waals surface area contributed by atoms with Crippen LogP contribution < -0.4 is 5.32 Å². The highest BCUT2D eigenvalue weighted by molar-refractivity contribution is 7.20. The SMILES string of the molecule is CC.CCCC1(CNc2ncnc3sc(C(=O)N(C)Cc4cccc5ncccc45)c(C)c23)CC2C=CC1C2. The number of nitrogens with zero attached hydrogens (tertiary/aromatic N) is 4. The van der Waals surface area contributed by atoms with Gasteiger partial charge in [0, 0.05) is 31.7 Å². The molecule has 3 aromatic heterocycles. The van der Waals surface area contributed by atoms with E-state index in [0.717, 1.165) is 55.4 Å². The number of rotatable bonds is 8. The molecule has 1 saturated carbocycles. The number of allylic oxidation sites excluding steroid dienone is 2. The molecule has 1 aromatic carbocycles. The molecule has 204 valence electrons. The number of thiophene rings is 1. The quantitative estimate of drug-likeness (QED) is 0.232. The lowest BCUT2D eigenvalue weighted by Gasteiger charge is -2.36. The van der Waals surface area contributed by atoms with Gasteiger partial charge in [-0.2, -0.15) is 0 Å². The number of aromatic nitrogens is 3. The molecule has 3 heterocycles. The van der Waals surface area contributed by atoms with Crippen molar-refractivity contribution in [3.05, 3.63) is 71.0 Å². The van der Waals surface area contributed by atoms with Gasteiger partial charge in [-0.05, 0) is 66.7 Å². The molecule has 4 aromatic rings. The highest BCUT2D eigenvalue weighted by Gasteiger charge is 2.47. The Hall–Kier alpha value is -3.32. The van der Waals surface area contributed by atoms with Crippen molar-refractivity contribution in [2.45, 2.75) is 59.9 Å². The molecule has 1 N–H and O–H groups in total. The van der Waals surface area contributed by atoms with Crippen molar-refractivity contribution in [2.24, 2.45) is 17.3 Å². The molecule has 6 nitrogen and oxygen atoms in total. The number of hydrogen-bond donors (Lipinski definition) is 1. The minimum Gasteiger partial charge on any atom is -0.369 e. The van der Waals surface area contributed by atoms with E-state index in [2.05, 4.69) is 51.5 Å². The molecule has 39 heavy (non-hydrogen) atoms. The van der Waals surface area contributed by atoms with Crippen LogP contribution in [0.4, 0.5) is 5.82 Å². The molecule has 0 spiro atoms. The number of aryl methyl sites for hydroxylation is 1. The van der Waals surface area contributed by atoms with Crippen LogP contribution in [0.5, 0.6) is 0 Å². The van der Waals surface area contributed by atoms with Gasteiger partial charge >= 0.3 is 0 Å². The van der Waals surface area contributed by atoms with Gasteiger partial charge < -0.3 is 10.2 Å². The number of carbonyl (C=O) groups excluding carboxylic acids is 1. The highest BCUT2D eigenvalue weighted by atomic mass is 32.1. The van der Waals surface area contributed by atoms with Crippen molar-refractivity contribution in [2.75, 3.05) is 18.9 Å². The summed E-state index contributed by atoms with van der Waals surface area (Å²) in [6.45, 7) is 9.73. The first-order valence-corrected chi connectivity index (χ1v) is 15.0. The van der Waals surface area contributed by atoms with E-state index < -0.39 is 0 Å². The van der Waals surface area contributed by atoms with Gasteiger partial charge in [0.2, 0.25) is 0 Å². The predicted octanol–water partition coefficient (Wildman–Crippen LogP) is 7.64. The Morgan fingerprint density at radius 3 is 2.74 bits per heavy atom. The Balaban J connectivity index is 0.00000151. The summed E-state index contributed by atoms with van der Waals surface area (Å²) in [5, 5.41) is 5.76. The smallest absolute Gasteiger partial charge is 0.264 e. The summed E-state index contributed by atoms with van der Waals surface area (Å²) < 4.78 is 0. The Kier molecular flexibility index (Phi) is 7.98. The topological polar surface area (TPSA) is 71.0 Å². The van der Waals surface area contributed by atoms with E-state index in [1.807, 2.05) is 46.0 Å². The fourth-order valence-electron chi connectivity index (χ4n) is 6.61. The van der Waals surface area contributed by atoms with Crippen LogP contribution in [-0.4, -0.2) is 39.4 Å². The first kappa shape index (κ1) is 27.3. The summed E-state index contributed by atoms with van der Waals surface area (Å²) in [6, 6.07) is 10.1. The fraction of sp³-hybridized carbons (Fsp3) is 0.438. The van der Waals surface area contributed by atoms with Gasteiger partial charge in [-0.25, -0.2) is 9.97 Å². The zero-order valence-corrected chi connectivity index (χ0v) is 24.5. The van der Waals surface area contributed by atoms with Gasteiger partial charge in [-0.1, -0.05) is 57.5 Å². The summed E-state index contributed by atoms with van der Waals surface area (Å²) in [5.74, 6) is 2.24. The molecule has 1 amide bonds. The van der Waals surface area contributed by atoms with Gasteiger partial charge in [0.1, 0.15) is 17.0 Å². The zero-order chi connectivity index (χ0) is 27.6. The van der Waals surface area contributed by atoms with E-state index >= 15 is 0 Å². The number of hydrogen-bond acceptors (Lipinski definition) is 6. The third-order valence-corrected chi connectivity index (χ3v) is 9.58. The third-order valence-electron chi connectivity index (χ3n) is 8.39. The highest BCUT2D eigenvalue weighted by Crippen LogP contribution is 2.54. The fourth-order valence-corrected chi connectivity index (χ4v) is 7.75. The molecule has 0 radical (unpaired) electrons. The molecule has 1 fully saturated rings. The van der Waals surface area contributed by atoms with Crippen LogP contribution in [0.25, 0.3) is 21.1 Å². The Morgan fingerprint density at radius 2 is 2.00 bits per heavy atom. The molecule has 7 heteroatoms. The molecule has 0 saturated heterocycles. The van der Waals surface area contributed by atoms with Gasteiger partial charge in [0.15, 0.2) is 0 Å². The summed E-state index contributed by atoms with van der Waals surface area (Å²) in [4.78, 5) is 30.6. The Labute approximate surface area is 235 Å². The van der Waals surface area contributed by atoms with Gasteiger partial charge in [-0.15, -0.1) is 11.3 Å². The normalized spacial score (nSPS) is 21.3. The Morgan fingerprint density at radius 1 is 1.15 bits per heavy atom. The summed E-state index contributed by atoms with van der Waals surface area (Å²) in [7, 11) is 1.86. The maximum atomic E-state index is 13.6. The maximum Gasteiger partial charge on any atom is 0.264 e. The van der Waals surface area contributed by atoms with Crippen LogP contribution in [-0.2, 0) is 6.54 Å². The van der Waals surface area contributed by atoms with Gasteiger partial charge in [0.05, 0.1) is 15.8 Å². The second kappa shape index (κ2) is 11.4. The standard InChI is InChI=1S/C30H33N5OS.C2H6/c1-4-12-30(15-20-10-11-22(30)14-20)17-32-27-25-19(2)26(37-28(25)34-18-33-27)29(36)35(3)16-21-7-5-9-24-23(21)8-6-13-31-24;1-2/h5-11,13,18,20,22H,4,12,14-17H2,1-3H3,(H,32,33,34);1-2H3. The van der Waals surface area contributed by atoms with E-state index in [9.17, 15) is 4.79 Å². The van der Waals surface area contributed by atoms with Crippen molar-refractivity contribution in [3.63, 3.8) is 0 Å². The summed E-state index contributed by atoms with van der Waals surface area (Å²) >= 11 is 1.46. The number of amides is 1. The predicted molar refractivity (Wildman–Crippen MR) is 162 cm³/mol. The average Bonchev–Trinajstić information content (AvgIpc) is 3.67. The first-order valence-electron chi connectivity index (χ1n) is 14.2. The lowest BCUT2D eigenvalue weighted by atomic mass is 9.72. The molecule has 3 atom stereocenters. The van der Waals surface area contributed by atoms with Crippen LogP contribution in [0.15, 0.2) is 55.0 Å². The first-order chi connectivity index (χ1) is 19.0. The van der Waals surface area contributed by atoms with Crippen LogP contribution in [0.1, 0.15) is 67.3 Å². The van der Waals surface area contributed by atoms with Crippen LogP contribution in [0.3, 0.4) is 0 Å². The van der Waals surface area contributed by atoms with Crippen LogP contribution in [0, 0.1) is 24.2 Å². The van der Waals surface area contributed by atoms with E-state index in [-0.39, 0.29) is 5.91 Å². The molecule has 2 bridgehead atoms. The number of benzene rings is 1. The van der Waals surface area contributed by atoms with Gasteiger partial charge in [0.25, 0.3) is 5.91 Å². The molecule has 6 rings (SSSR count). The maximum absolute atomic E-state index is 13.6. The number of nitrogens with one attached hydrogen (secondary N) is 1. The van der Waals surface area contributed by atoms with E-state index in [1.165, 1.54) is 37.0 Å². The summed E-state index contributed by atoms with van der Waals surface area (Å²) in [5.41, 5.74) is 3.28. The Bertz CT molecular complexity index is 1510. The minimum atomic E-state index is 0.00744. The number of pyridine rings is 1. The second-order valence-electron chi connectivity index (χ2n) is 10.8. The van der Waals surface area contributed by atoms with Crippen molar-refractivity contribution < 1.29 is 4.79 Å². The summed E-state index contributed by atoms with van der Waals surface area (Å²) in [6.07, 6.45) is 13.2. The van der Waals surface area contributed by atoms with Crippen LogP contribution >= 0.6 is 11.3 Å². The monoisotopic (exact) mass is 541 g/mol. The molecule has 3 unspecified atom stereocenters. The molecule has 0 aliphatic heterocycles. The largest absolute Gasteiger partial charge is 0.369 e. The van der Waals surface area contributed by atoms with Gasteiger partial charge in [-0.3, -0.25) is 9.78 Å². The number of carbonyl (C=O) groups is 1. The minimum absolute atomic E-state index is 0.00744. The van der Waals surface area contributed by atoms with Crippen molar-refractivity contribution in [1.29, 1.82) is 0 Å². The molecule has 2 aliphatic carbocycles. The van der Waals surface area contributed by atoms with Crippen molar-refractivity contribution in [3.8, 4) is 0 Å². The van der Waals surface area contributed by atoms with Crippen molar-refractivity contribution in [1.82, 2.24) is 19.9 Å². The second-order valence-corrected chi connectivity index (χ2v) is 11.8. The van der Waals surface area contributed by atoms with E-state index in [4.69, 9.17) is 0 Å². The third kappa shape index (κ3) is 5.05. The number of fused-ring (bicyclic) bond motifs is 4. The van der Waals surface area contributed by atoms with Crippen LogP contribution in [0.2, 0.25) is 0 Å². The van der Waals surface area contributed by atoms with E-state index in [0.29, 0.717) is 17.9 Å². The lowest BCUT2D eigenvalue weighted by Crippen LogP contribution is -2.34. The average molecular weight is 542 g/mol. The van der Waals surface area contributed by atoms with Crippen molar-refractivity contribution >= 4 is 44.2 Å².